The lowest BCUT2D eigenvalue weighted by atomic mass is 10.1. The molecule has 26 heavy (non-hydrogen) atoms. The Balaban J connectivity index is 1.52. The zero-order valence-electron chi connectivity index (χ0n) is 15.4. The molecule has 1 N–H and O–H groups in total. The molecule has 0 aromatic rings. The number of amides is 2. The number of hydrogen-bond acceptors (Lipinski definition) is 5. The van der Waals surface area contributed by atoms with Crippen molar-refractivity contribution in [1.82, 2.24) is 14.7 Å². The highest BCUT2D eigenvalue weighted by Gasteiger charge is 2.41. The van der Waals surface area contributed by atoms with E-state index in [0.717, 1.165) is 12.8 Å². The minimum absolute atomic E-state index is 0.0352. The van der Waals surface area contributed by atoms with Crippen molar-refractivity contribution >= 4 is 17.8 Å². The molecule has 3 rings (SSSR count). The van der Waals surface area contributed by atoms with Crippen LogP contribution in [0, 0.1) is 5.92 Å². The van der Waals surface area contributed by atoms with Crippen LogP contribution in [0.1, 0.15) is 32.1 Å². The topological polar surface area (TPSA) is 90.4 Å². The zero-order chi connectivity index (χ0) is 18.7. The number of aliphatic carboxylic acids is 1. The number of hydrogen-bond donors (Lipinski definition) is 1. The van der Waals surface area contributed by atoms with Gasteiger partial charge in [0.1, 0.15) is 0 Å². The number of rotatable bonds is 6. The van der Waals surface area contributed by atoms with Gasteiger partial charge in [0.15, 0.2) is 0 Å². The van der Waals surface area contributed by atoms with Gasteiger partial charge in [0.2, 0.25) is 11.8 Å². The van der Waals surface area contributed by atoms with Crippen LogP contribution < -0.4 is 0 Å². The first-order valence-electron chi connectivity index (χ1n) is 9.54. The summed E-state index contributed by atoms with van der Waals surface area (Å²) in [6.07, 6.45) is 4.57. The standard InChI is InChI=1S/C18H29N3O5/c1-19(12-17(23)24)10-15-11-20(6-7-26-15)18(25)13-8-16(22)21(9-13)14-4-2-3-5-14/h13-15H,2-12H2,1H3,(H,23,24)/t13-,15-/m1/s1. The van der Waals surface area contributed by atoms with Crippen LogP contribution in [0.15, 0.2) is 0 Å². The van der Waals surface area contributed by atoms with Crippen LogP contribution in [0.5, 0.6) is 0 Å². The summed E-state index contributed by atoms with van der Waals surface area (Å²) in [6, 6.07) is 0.322. The maximum atomic E-state index is 12.9. The highest BCUT2D eigenvalue weighted by Crippen LogP contribution is 2.30. The monoisotopic (exact) mass is 367 g/mol. The Hall–Kier alpha value is -1.67. The van der Waals surface area contributed by atoms with Crippen LogP contribution in [-0.2, 0) is 19.1 Å². The molecule has 8 nitrogen and oxygen atoms in total. The molecule has 0 radical (unpaired) electrons. The van der Waals surface area contributed by atoms with Gasteiger partial charge in [-0.05, 0) is 19.9 Å². The maximum Gasteiger partial charge on any atom is 0.317 e. The van der Waals surface area contributed by atoms with Gasteiger partial charge in [0.25, 0.3) is 0 Å². The number of nitrogens with zero attached hydrogens (tertiary/aromatic N) is 3. The average Bonchev–Trinajstić information content (AvgIpc) is 3.22. The first-order chi connectivity index (χ1) is 12.4. The number of carboxylic acids is 1. The maximum absolute atomic E-state index is 12.9. The van der Waals surface area contributed by atoms with Crippen molar-refractivity contribution in [3.63, 3.8) is 0 Å². The number of carboxylic acid groups (broad SMARTS) is 1. The second-order valence-electron chi connectivity index (χ2n) is 7.75. The van der Waals surface area contributed by atoms with Gasteiger partial charge in [-0.15, -0.1) is 0 Å². The van der Waals surface area contributed by atoms with Crippen LogP contribution >= 0.6 is 0 Å². The molecule has 146 valence electrons. The molecule has 8 heteroatoms. The summed E-state index contributed by atoms with van der Waals surface area (Å²) in [5, 5.41) is 8.85. The molecule has 2 heterocycles. The summed E-state index contributed by atoms with van der Waals surface area (Å²) in [5.41, 5.74) is 0. The molecular weight excluding hydrogens is 338 g/mol. The van der Waals surface area contributed by atoms with Gasteiger partial charge in [-0.3, -0.25) is 19.3 Å². The summed E-state index contributed by atoms with van der Waals surface area (Å²) < 4.78 is 5.69. The fourth-order valence-electron chi connectivity index (χ4n) is 4.40. The molecule has 1 saturated carbocycles. The van der Waals surface area contributed by atoms with Crippen LogP contribution in [0.25, 0.3) is 0 Å². The summed E-state index contributed by atoms with van der Waals surface area (Å²) in [4.78, 5) is 41.4. The van der Waals surface area contributed by atoms with Crippen molar-refractivity contribution in [2.75, 3.05) is 46.4 Å². The summed E-state index contributed by atoms with van der Waals surface area (Å²) in [5.74, 6) is -0.986. The first kappa shape index (κ1) is 19.1. The number of likely N-dealkylation sites (N-methyl/N-ethyl adjacent to an activating group) is 1. The Morgan fingerprint density at radius 1 is 1.27 bits per heavy atom. The highest BCUT2D eigenvalue weighted by atomic mass is 16.5. The molecule has 0 spiro atoms. The van der Waals surface area contributed by atoms with Gasteiger partial charge in [-0.2, -0.15) is 0 Å². The third-order valence-electron chi connectivity index (χ3n) is 5.64. The van der Waals surface area contributed by atoms with E-state index >= 15 is 0 Å². The van der Waals surface area contributed by atoms with E-state index in [9.17, 15) is 14.4 Å². The number of ether oxygens (including phenoxy) is 1. The quantitative estimate of drug-likeness (QED) is 0.712. The largest absolute Gasteiger partial charge is 0.480 e. The van der Waals surface area contributed by atoms with E-state index in [-0.39, 0.29) is 30.4 Å². The first-order valence-corrected chi connectivity index (χ1v) is 9.54. The van der Waals surface area contributed by atoms with E-state index in [1.165, 1.54) is 12.8 Å². The van der Waals surface area contributed by atoms with Crippen molar-refractivity contribution in [1.29, 1.82) is 0 Å². The molecule has 3 aliphatic rings. The Kier molecular flexibility index (Phi) is 6.13. The minimum Gasteiger partial charge on any atom is -0.480 e. The van der Waals surface area contributed by atoms with Gasteiger partial charge in [-0.1, -0.05) is 12.8 Å². The molecule has 2 aliphatic heterocycles. The lowest BCUT2D eigenvalue weighted by Crippen LogP contribution is -2.51. The van der Waals surface area contributed by atoms with E-state index in [1.807, 2.05) is 4.90 Å². The molecule has 0 bridgehead atoms. The highest BCUT2D eigenvalue weighted by molar-refractivity contribution is 5.89. The lowest BCUT2D eigenvalue weighted by Gasteiger charge is -2.35. The van der Waals surface area contributed by atoms with E-state index in [1.54, 1.807) is 16.8 Å². The van der Waals surface area contributed by atoms with Gasteiger partial charge >= 0.3 is 5.97 Å². The normalized spacial score (nSPS) is 27.5. The predicted molar refractivity (Wildman–Crippen MR) is 93.5 cm³/mol. The van der Waals surface area contributed by atoms with Crippen LogP contribution in [-0.4, -0.2) is 96.1 Å². The summed E-state index contributed by atoms with van der Waals surface area (Å²) in [7, 11) is 1.73. The predicted octanol–water partition coefficient (Wildman–Crippen LogP) is 0.0213. The van der Waals surface area contributed by atoms with Crippen LogP contribution in [0.4, 0.5) is 0 Å². The average molecular weight is 367 g/mol. The van der Waals surface area contributed by atoms with E-state index in [0.29, 0.717) is 45.2 Å². The Morgan fingerprint density at radius 3 is 2.69 bits per heavy atom. The summed E-state index contributed by atoms with van der Waals surface area (Å²) in [6.45, 7) is 2.39. The van der Waals surface area contributed by atoms with Gasteiger partial charge in [-0.25, -0.2) is 0 Å². The molecule has 0 unspecified atom stereocenters. The molecule has 2 atom stereocenters. The second-order valence-corrected chi connectivity index (χ2v) is 7.75. The molecule has 1 aliphatic carbocycles. The molecule has 3 fully saturated rings. The minimum atomic E-state index is -0.882. The Bertz CT molecular complexity index is 549. The smallest absolute Gasteiger partial charge is 0.317 e. The zero-order valence-corrected chi connectivity index (χ0v) is 15.4. The molecule has 0 aromatic heterocycles. The molecule has 0 aromatic carbocycles. The van der Waals surface area contributed by atoms with Crippen molar-refractivity contribution in [2.45, 2.75) is 44.2 Å². The van der Waals surface area contributed by atoms with Crippen LogP contribution in [0.2, 0.25) is 0 Å². The number of carbonyl (C=O) groups is 3. The van der Waals surface area contributed by atoms with Crippen molar-refractivity contribution in [2.24, 2.45) is 5.92 Å². The van der Waals surface area contributed by atoms with Crippen molar-refractivity contribution in [3.8, 4) is 0 Å². The van der Waals surface area contributed by atoms with Crippen LogP contribution in [0.3, 0.4) is 0 Å². The third kappa shape index (κ3) is 4.54. The number of carbonyl (C=O) groups excluding carboxylic acids is 2. The van der Waals surface area contributed by atoms with E-state index in [4.69, 9.17) is 9.84 Å². The lowest BCUT2D eigenvalue weighted by molar-refractivity contribution is -0.145. The van der Waals surface area contributed by atoms with E-state index < -0.39 is 5.97 Å². The molecule has 2 saturated heterocycles. The van der Waals surface area contributed by atoms with E-state index in [2.05, 4.69) is 0 Å². The Labute approximate surface area is 154 Å². The fraction of sp³-hybridized carbons (Fsp3) is 0.833. The van der Waals surface area contributed by atoms with Crippen molar-refractivity contribution < 1.29 is 24.2 Å². The van der Waals surface area contributed by atoms with Gasteiger partial charge < -0.3 is 19.6 Å². The molecule has 2 amide bonds. The number of morpholine rings is 1. The number of likely N-dealkylation sites (tertiary alicyclic amines) is 1. The third-order valence-corrected chi connectivity index (χ3v) is 5.64. The van der Waals surface area contributed by atoms with Crippen molar-refractivity contribution in [3.05, 3.63) is 0 Å². The fourth-order valence-corrected chi connectivity index (χ4v) is 4.40. The second kappa shape index (κ2) is 8.35. The SMILES string of the molecule is CN(CC(=O)O)C[C@@H]1CN(C(=O)[C@@H]2CC(=O)N(C3CCCC3)C2)CCO1. The molecular formula is C18H29N3O5. The van der Waals surface area contributed by atoms with Gasteiger partial charge in [0.05, 0.1) is 25.2 Å². The summed E-state index contributed by atoms with van der Waals surface area (Å²) >= 11 is 0. The van der Waals surface area contributed by atoms with Gasteiger partial charge in [0, 0.05) is 38.6 Å². The Morgan fingerprint density at radius 2 is 2.00 bits per heavy atom.